The minimum Gasteiger partial charge on any atom is -0.244 e. The fourth-order valence-corrected chi connectivity index (χ4v) is 2.75. The first kappa shape index (κ1) is 18.2. The molecule has 0 saturated heterocycles. The number of halogens is 1. The van der Waals surface area contributed by atoms with Crippen molar-refractivity contribution in [2.24, 2.45) is 11.0 Å². The molecule has 2 aromatic carbocycles. The van der Waals surface area contributed by atoms with Gasteiger partial charge in [0.05, 0.1) is 18.1 Å². The molecule has 0 atom stereocenters. The van der Waals surface area contributed by atoms with E-state index in [9.17, 15) is 0 Å². The molecule has 132 valence electrons. The number of hydrogen-bond acceptors (Lipinski definition) is 5. The van der Waals surface area contributed by atoms with Crippen molar-refractivity contribution in [2.75, 3.05) is 5.43 Å². The molecular formula is C20H20BrN5. The van der Waals surface area contributed by atoms with Crippen LogP contribution in [0.25, 0.3) is 11.3 Å². The van der Waals surface area contributed by atoms with Gasteiger partial charge in [0.15, 0.2) is 0 Å². The van der Waals surface area contributed by atoms with Crippen LogP contribution in [0, 0.1) is 5.92 Å². The smallest absolute Gasteiger partial charge is 0.244 e. The topological polar surface area (TPSA) is 63.1 Å². The Hall–Kier alpha value is -2.60. The first-order valence-corrected chi connectivity index (χ1v) is 9.23. The number of nitrogens with zero attached hydrogens (tertiary/aromatic N) is 4. The summed E-state index contributed by atoms with van der Waals surface area (Å²) in [4.78, 5) is 4.47. The van der Waals surface area contributed by atoms with Gasteiger partial charge in [0, 0.05) is 10.0 Å². The van der Waals surface area contributed by atoms with Gasteiger partial charge in [-0.05, 0) is 35.6 Å². The summed E-state index contributed by atoms with van der Waals surface area (Å²) in [6.07, 6.45) is 4.43. The van der Waals surface area contributed by atoms with E-state index in [4.69, 9.17) is 0 Å². The molecule has 6 heteroatoms. The highest BCUT2D eigenvalue weighted by atomic mass is 79.9. The van der Waals surface area contributed by atoms with Crippen LogP contribution in [0.3, 0.4) is 0 Å². The van der Waals surface area contributed by atoms with E-state index in [0.29, 0.717) is 11.9 Å². The van der Waals surface area contributed by atoms with Gasteiger partial charge in [-0.1, -0.05) is 66.2 Å². The van der Waals surface area contributed by atoms with Crippen molar-refractivity contribution in [1.29, 1.82) is 0 Å². The Morgan fingerprint density at radius 1 is 1.08 bits per heavy atom. The highest BCUT2D eigenvalue weighted by molar-refractivity contribution is 9.10. The number of aromatic nitrogens is 3. The van der Waals surface area contributed by atoms with E-state index in [-0.39, 0.29) is 0 Å². The predicted molar refractivity (Wildman–Crippen MR) is 109 cm³/mol. The molecule has 0 unspecified atom stereocenters. The van der Waals surface area contributed by atoms with Gasteiger partial charge in [-0.2, -0.15) is 10.2 Å². The van der Waals surface area contributed by atoms with Crippen LogP contribution in [0.4, 0.5) is 5.95 Å². The Morgan fingerprint density at radius 2 is 1.81 bits per heavy atom. The molecule has 0 aliphatic carbocycles. The van der Waals surface area contributed by atoms with Gasteiger partial charge in [0.2, 0.25) is 0 Å². The number of anilines is 1. The quantitative estimate of drug-likeness (QED) is 0.462. The van der Waals surface area contributed by atoms with E-state index in [1.54, 1.807) is 12.4 Å². The van der Waals surface area contributed by atoms with Crippen molar-refractivity contribution >= 4 is 28.1 Å². The molecule has 3 aromatic rings. The van der Waals surface area contributed by atoms with Gasteiger partial charge >= 0.3 is 0 Å². The highest BCUT2D eigenvalue weighted by Crippen LogP contribution is 2.19. The summed E-state index contributed by atoms with van der Waals surface area (Å²) in [5.41, 5.74) is 6.90. The van der Waals surface area contributed by atoms with E-state index in [0.717, 1.165) is 27.7 Å². The lowest BCUT2D eigenvalue weighted by molar-refractivity contribution is 0.647. The predicted octanol–water partition coefficient (Wildman–Crippen LogP) is 4.95. The average Bonchev–Trinajstić information content (AvgIpc) is 2.64. The van der Waals surface area contributed by atoms with E-state index in [1.807, 2.05) is 24.3 Å². The summed E-state index contributed by atoms with van der Waals surface area (Å²) in [6.45, 7) is 4.43. The molecule has 1 heterocycles. The Kier molecular flexibility index (Phi) is 6.07. The van der Waals surface area contributed by atoms with Crippen LogP contribution in [-0.4, -0.2) is 21.4 Å². The van der Waals surface area contributed by atoms with E-state index < -0.39 is 0 Å². The fraction of sp³-hybridized carbons (Fsp3) is 0.200. The van der Waals surface area contributed by atoms with Crippen molar-refractivity contribution in [3.8, 4) is 11.3 Å². The molecule has 5 nitrogen and oxygen atoms in total. The average molecular weight is 410 g/mol. The van der Waals surface area contributed by atoms with Gasteiger partial charge in [-0.3, -0.25) is 0 Å². The third kappa shape index (κ3) is 5.20. The highest BCUT2D eigenvalue weighted by Gasteiger charge is 2.04. The summed E-state index contributed by atoms with van der Waals surface area (Å²) in [5, 5.41) is 12.2. The number of rotatable bonds is 6. The third-order valence-electron chi connectivity index (χ3n) is 3.70. The van der Waals surface area contributed by atoms with E-state index >= 15 is 0 Å². The Bertz CT molecular complexity index is 873. The lowest BCUT2D eigenvalue weighted by Gasteiger charge is -2.06. The number of benzene rings is 2. The first-order valence-electron chi connectivity index (χ1n) is 8.44. The van der Waals surface area contributed by atoms with Gasteiger partial charge in [0.1, 0.15) is 0 Å². The van der Waals surface area contributed by atoms with Crippen LogP contribution < -0.4 is 5.43 Å². The van der Waals surface area contributed by atoms with E-state index in [2.05, 4.69) is 79.8 Å². The largest absolute Gasteiger partial charge is 0.263 e. The lowest BCUT2D eigenvalue weighted by Crippen LogP contribution is -2.00. The zero-order chi connectivity index (χ0) is 18.4. The summed E-state index contributed by atoms with van der Waals surface area (Å²) in [7, 11) is 0. The maximum Gasteiger partial charge on any atom is 0.263 e. The molecule has 0 aliphatic heterocycles. The van der Waals surface area contributed by atoms with Crippen molar-refractivity contribution in [2.45, 2.75) is 20.3 Å². The van der Waals surface area contributed by atoms with Crippen molar-refractivity contribution in [3.05, 3.63) is 70.3 Å². The second-order valence-corrected chi connectivity index (χ2v) is 7.30. The van der Waals surface area contributed by atoms with Crippen LogP contribution in [0.15, 0.2) is 64.3 Å². The standard InChI is InChI=1S/C20H20BrN5/c1-14(2)11-15-3-7-17(8-4-15)19-13-23-26-20(24-19)25-22-12-16-5-9-18(21)10-6-16/h3-10,12-14H,11H2,1-2H3,(H,24,25,26)/b22-12+. The van der Waals surface area contributed by atoms with Crippen LogP contribution in [0.1, 0.15) is 25.0 Å². The SMILES string of the molecule is CC(C)Cc1ccc(-c2cnnc(N/N=C/c3ccc(Br)cc3)n2)cc1. The van der Waals surface area contributed by atoms with Crippen LogP contribution in [0.2, 0.25) is 0 Å². The minimum absolute atomic E-state index is 0.363. The molecule has 0 spiro atoms. The second kappa shape index (κ2) is 8.67. The molecule has 0 fully saturated rings. The molecule has 3 rings (SSSR count). The Morgan fingerprint density at radius 3 is 2.50 bits per heavy atom. The molecule has 1 aromatic heterocycles. The molecule has 0 bridgehead atoms. The van der Waals surface area contributed by atoms with E-state index in [1.165, 1.54) is 5.56 Å². The Balaban J connectivity index is 1.68. The van der Waals surface area contributed by atoms with Gasteiger partial charge < -0.3 is 0 Å². The summed E-state index contributed by atoms with van der Waals surface area (Å²) in [5.74, 6) is 1.00. The molecular weight excluding hydrogens is 390 g/mol. The lowest BCUT2D eigenvalue weighted by atomic mass is 10.0. The second-order valence-electron chi connectivity index (χ2n) is 6.38. The Labute approximate surface area is 161 Å². The summed E-state index contributed by atoms with van der Waals surface area (Å²) < 4.78 is 1.03. The zero-order valence-electron chi connectivity index (χ0n) is 14.7. The maximum atomic E-state index is 4.47. The van der Waals surface area contributed by atoms with Gasteiger partial charge in [-0.25, -0.2) is 10.4 Å². The van der Waals surface area contributed by atoms with Crippen LogP contribution in [-0.2, 0) is 6.42 Å². The van der Waals surface area contributed by atoms with Crippen LogP contribution in [0.5, 0.6) is 0 Å². The number of hydrogen-bond donors (Lipinski definition) is 1. The minimum atomic E-state index is 0.363. The normalized spacial score (nSPS) is 11.2. The van der Waals surface area contributed by atoms with Crippen molar-refractivity contribution in [1.82, 2.24) is 15.2 Å². The number of nitrogens with one attached hydrogen (secondary N) is 1. The molecule has 0 radical (unpaired) electrons. The van der Waals surface area contributed by atoms with Crippen molar-refractivity contribution in [3.63, 3.8) is 0 Å². The van der Waals surface area contributed by atoms with Gasteiger partial charge in [-0.15, -0.1) is 5.10 Å². The fourth-order valence-electron chi connectivity index (χ4n) is 2.49. The van der Waals surface area contributed by atoms with Crippen molar-refractivity contribution < 1.29 is 0 Å². The molecule has 0 aliphatic rings. The maximum absolute atomic E-state index is 4.47. The molecule has 1 N–H and O–H groups in total. The summed E-state index contributed by atoms with van der Waals surface area (Å²) in [6, 6.07) is 16.2. The number of hydrazone groups is 1. The molecule has 26 heavy (non-hydrogen) atoms. The van der Waals surface area contributed by atoms with Gasteiger partial charge in [0.25, 0.3) is 5.95 Å². The first-order chi connectivity index (χ1) is 12.6. The zero-order valence-corrected chi connectivity index (χ0v) is 16.3. The summed E-state index contributed by atoms with van der Waals surface area (Å²) >= 11 is 3.41. The van der Waals surface area contributed by atoms with Crippen LogP contribution >= 0.6 is 15.9 Å². The monoisotopic (exact) mass is 409 g/mol. The third-order valence-corrected chi connectivity index (χ3v) is 4.23. The molecule has 0 saturated carbocycles. The molecule has 0 amide bonds.